The Morgan fingerprint density at radius 3 is 2.62 bits per heavy atom. The van der Waals surface area contributed by atoms with Gasteiger partial charge in [-0.05, 0) is 25.6 Å². The molecule has 134 valence electrons. The number of piperazine rings is 1. The number of nitrogens with two attached hydrogens (primary N) is 1. The van der Waals surface area contributed by atoms with Gasteiger partial charge in [-0.3, -0.25) is 4.98 Å². The SMILES string of the molecule is CC1CN(c2nnc(-c3ccc(CN)cc3)c3ccncc23)CCN1C. The van der Waals surface area contributed by atoms with Crippen LogP contribution in [0, 0.1) is 0 Å². The molecule has 3 aromatic rings. The van der Waals surface area contributed by atoms with Crippen LogP contribution in [0.5, 0.6) is 0 Å². The molecule has 6 nitrogen and oxygen atoms in total. The molecule has 1 aliphatic rings. The first-order chi connectivity index (χ1) is 12.7. The van der Waals surface area contributed by atoms with Crippen LogP contribution in [0.25, 0.3) is 22.0 Å². The van der Waals surface area contributed by atoms with Gasteiger partial charge in [-0.2, -0.15) is 0 Å². The zero-order valence-electron chi connectivity index (χ0n) is 15.3. The number of hydrogen-bond acceptors (Lipinski definition) is 6. The van der Waals surface area contributed by atoms with E-state index in [9.17, 15) is 0 Å². The fraction of sp³-hybridized carbons (Fsp3) is 0.350. The van der Waals surface area contributed by atoms with Gasteiger partial charge >= 0.3 is 0 Å². The van der Waals surface area contributed by atoms with E-state index in [1.165, 1.54) is 0 Å². The average Bonchev–Trinajstić information content (AvgIpc) is 2.69. The van der Waals surface area contributed by atoms with Gasteiger partial charge in [-0.1, -0.05) is 24.3 Å². The van der Waals surface area contributed by atoms with Crippen molar-refractivity contribution in [2.75, 3.05) is 31.6 Å². The number of rotatable bonds is 3. The van der Waals surface area contributed by atoms with Crippen molar-refractivity contribution >= 4 is 16.6 Å². The largest absolute Gasteiger partial charge is 0.352 e. The van der Waals surface area contributed by atoms with Crippen LogP contribution in [-0.4, -0.2) is 52.8 Å². The van der Waals surface area contributed by atoms with Gasteiger partial charge in [-0.15, -0.1) is 10.2 Å². The van der Waals surface area contributed by atoms with E-state index in [0.29, 0.717) is 12.6 Å². The van der Waals surface area contributed by atoms with E-state index in [4.69, 9.17) is 5.73 Å². The highest BCUT2D eigenvalue weighted by Gasteiger charge is 2.24. The summed E-state index contributed by atoms with van der Waals surface area (Å²) in [5.74, 6) is 0.926. The van der Waals surface area contributed by atoms with E-state index >= 15 is 0 Å². The lowest BCUT2D eigenvalue weighted by Gasteiger charge is -2.38. The first-order valence-corrected chi connectivity index (χ1v) is 9.02. The van der Waals surface area contributed by atoms with Gasteiger partial charge in [0.15, 0.2) is 5.82 Å². The van der Waals surface area contributed by atoms with Crippen LogP contribution in [0.4, 0.5) is 5.82 Å². The van der Waals surface area contributed by atoms with Gasteiger partial charge < -0.3 is 15.5 Å². The Balaban J connectivity index is 1.78. The van der Waals surface area contributed by atoms with Crippen LogP contribution in [0.1, 0.15) is 12.5 Å². The highest BCUT2D eigenvalue weighted by molar-refractivity contribution is 5.99. The molecule has 0 bridgehead atoms. The predicted octanol–water partition coefficient (Wildman–Crippen LogP) is 2.29. The molecule has 1 unspecified atom stereocenters. The molecule has 1 atom stereocenters. The van der Waals surface area contributed by atoms with E-state index in [0.717, 1.165) is 53.0 Å². The number of hydrogen-bond donors (Lipinski definition) is 1. The van der Waals surface area contributed by atoms with Crippen molar-refractivity contribution in [1.82, 2.24) is 20.1 Å². The van der Waals surface area contributed by atoms with E-state index < -0.39 is 0 Å². The molecule has 26 heavy (non-hydrogen) atoms. The minimum atomic E-state index is 0.487. The van der Waals surface area contributed by atoms with Crippen molar-refractivity contribution < 1.29 is 0 Å². The molecule has 3 heterocycles. The monoisotopic (exact) mass is 348 g/mol. The molecule has 2 N–H and O–H groups in total. The summed E-state index contributed by atoms with van der Waals surface area (Å²) in [5.41, 5.74) is 8.75. The van der Waals surface area contributed by atoms with Gasteiger partial charge in [0.05, 0.1) is 0 Å². The van der Waals surface area contributed by atoms with E-state index in [1.54, 1.807) is 0 Å². The maximum absolute atomic E-state index is 5.71. The number of anilines is 1. The Kier molecular flexibility index (Phi) is 4.53. The fourth-order valence-electron chi connectivity index (χ4n) is 3.47. The van der Waals surface area contributed by atoms with Crippen LogP contribution >= 0.6 is 0 Å². The Bertz CT molecular complexity index is 908. The molecular formula is C20H24N6. The maximum atomic E-state index is 5.71. The summed E-state index contributed by atoms with van der Waals surface area (Å²) < 4.78 is 0. The molecule has 1 saturated heterocycles. The second-order valence-corrected chi connectivity index (χ2v) is 6.97. The Labute approximate surface area is 153 Å². The normalized spacial score (nSPS) is 18.4. The van der Waals surface area contributed by atoms with Gasteiger partial charge in [0.1, 0.15) is 5.69 Å². The number of likely N-dealkylation sites (N-methyl/N-ethyl adjacent to an activating group) is 1. The van der Waals surface area contributed by atoms with Gasteiger partial charge in [0.25, 0.3) is 0 Å². The standard InChI is InChI=1S/C20H24N6/c1-14-13-26(10-9-25(14)2)20-18-12-22-8-7-17(18)19(23-24-20)16-5-3-15(11-21)4-6-16/h3-8,12,14H,9-11,13,21H2,1-2H3. The highest BCUT2D eigenvalue weighted by Crippen LogP contribution is 2.31. The first-order valence-electron chi connectivity index (χ1n) is 9.02. The first kappa shape index (κ1) is 16.9. The Morgan fingerprint density at radius 2 is 1.88 bits per heavy atom. The topological polar surface area (TPSA) is 71.2 Å². The Hall–Kier alpha value is -2.57. The zero-order valence-corrected chi connectivity index (χ0v) is 15.3. The third kappa shape index (κ3) is 3.02. The lowest BCUT2D eigenvalue weighted by Crippen LogP contribution is -2.50. The summed E-state index contributed by atoms with van der Waals surface area (Å²) in [5, 5.41) is 11.3. The number of nitrogens with zero attached hydrogens (tertiary/aromatic N) is 5. The number of benzene rings is 1. The molecule has 0 radical (unpaired) electrons. The van der Waals surface area contributed by atoms with Crippen molar-refractivity contribution in [3.05, 3.63) is 48.3 Å². The van der Waals surface area contributed by atoms with Crippen LogP contribution in [-0.2, 0) is 6.54 Å². The fourth-order valence-corrected chi connectivity index (χ4v) is 3.47. The summed E-state index contributed by atoms with van der Waals surface area (Å²) in [6.07, 6.45) is 3.72. The molecule has 0 saturated carbocycles. The predicted molar refractivity (Wildman–Crippen MR) is 105 cm³/mol. The molecule has 0 aliphatic carbocycles. The number of pyridine rings is 1. The average molecular weight is 348 g/mol. The third-order valence-corrected chi connectivity index (χ3v) is 5.28. The molecule has 6 heteroatoms. The highest BCUT2D eigenvalue weighted by atomic mass is 15.3. The molecule has 0 amide bonds. The quantitative estimate of drug-likeness (QED) is 0.783. The van der Waals surface area contributed by atoms with Crippen LogP contribution in [0.2, 0.25) is 0 Å². The summed E-state index contributed by atoms with van der Waals surface area (Å²) in [7, 11) is 2.17. The van der Waals surface area contributed by atoms with Crippen molar-refractivity contribution in [2.24, 2.45) is 5.73 Å². The molecule has 1 fully saturated rings. The van der Waals surface area contributed by atoms with Gasteiger partial charge in [0.2, 0.25) is 0 Å². The lowest BCUT2D eigenvalue weighted by molar-refractivity contribution is 0.233. The molecule has 2 aromatic heterocycles. The van der Waals surface area contributed by atoms with Crippen molar-refractivity contribution in [2.45, 2.75) is 19.5 Å². The molecule has 0 spiro atoms. The number of fused-ring (bicyclic) bond motifs is 1. The van der Waals surface area contributed by atoms with E-state index in [-0.39, 0.29) is 0 Å². The smallest absolute Gasteiger partial charge is 0.160 e. The van der Waals surface area contributed by atoms with Crippen LogP contribution in [0.15, 0.2) is 42.7 Å². The van der Waals surface area contributed by atoms with Gasteiger partial charge in [0, 0.05) is 61.0 Å². The number of aromatic nitrogens is 3. The van der Waals surface area contributed by atoms with Crippen LogP contribution in [0.3, 0.4) is 0 Å². The molecule has 1 aliphatic heterocycles. The molecular weight excluding hydrogens is 324 g/mol. The maximum Gasteiger partial charge on any atom is 0.160 e. The Morgan fingerprint density at radius 1 is 1.08 bits per heavy atom. The molecule has 1 aromatic carbocycles. The van der Waals surface area contributed by atoms with Crippen molar-refractivity contribution in [3.63, 3.8) is 0 Å². The molecule has 4 rings (SSSR count). The minimum absolute atomic E-state index is 0.487. The third-order valence-electron chi connectivity index (χ3n) is 5.28. The van der Waals surface area contributed by atoms with Gasteiger partial charge in [-0.25, -0.2) is 0 Å². The minimum Gasteiger partial charge on any atom is -0.352 e. The van der Waals surface area contributed by atoms with E-state index in [2.05, 4.69) is 51.1 Å². The second kappa shape index (κ2) is 6.97. The summed E-state index contributed by atoms with van der Waals surface area (Å²) in [6.45, 7) is 5.70. The lowest BCUT2D eigenvalue weighted by atomic mass is 10.0. The summed E-state index contributed by atoms with van der Waals surface area (Å²) in [4.78, 5) is 9.04. The van der Waals surface area contributed by atoms with Crippen LogP contribution < -0.4 is 10.6 Å². The van der Waals surface area contributed by atoms with Crippen molar-refractivity contribution in [3.8, 4) is 11.3 Å². The summed E-state index contributed by atoms with van der Waals surface area (Å²) >= 11 is 0. The van der Waals surface area contributed by atoms with E-state index in [1.807, 2.05) is 30.6 Å². The summed E-state index contributed by atoms with van der Waals surface area (Å²) in [6, 6.07) is 10.7. The van der Waals surface area contributed by atoms with Crippen molar-refractivity contribution in [1.29, 1.82) is 0 Å². The zero-order chi connectivity index (χ0) is 18.1. The second-order valence-electron chi connectivity index (χ2n) is 6.97.